The molecule has 0 fully saturated rings. The minimum absolute atomic E-state index is 0.882. The molecule has 9 aromatic rings. The summed E-state index contributed by atoms with van der Waals surface area (Å²) in [5, 5.41) is 12.2. The molecule has 1 heteroatoms. The Balaban J connectivity index is 1.45. The fourth-order valence-electron chi connectivity index (χ4n) is 7.07. The van der Waals surface area contributed by atoms with Crippen LogP contribution in [0.25, 0.3) is 92.9 Å². The van der Waals surface area contributed by atoms with E-state index >= 15 is 0 Å². The van der Waals surface area contributed by atoms with Crippen molar-refractivity contribution in [3.8, 4) is 22.3 Å². The van der Waals surface area contributed by atoms with Crippen molar-refractivity contribution in [2.24, 2.45) is 0 Å². The zero-order chi connectivity index (χ0) is 29.4. The Morgan fingerprint density at radius 2 is 1.00 bits per heavy atom. The third-order valence-electron chi connectivity index (χ3n) is 9.20. The first-order valence-electron chi connectivity index (χ1n) is 15.1. The van der Waals surface area contributed by atoms with Crippen molar-refractivity contribution in [3.05, 3.63) is 152 Å². The van der Waals surface area contributed by atoms with Gasteiger partial charge < -0.3 is 4.42 Å². The SMILES string of the molecule is C=C(C)c1ccc2c(c1)oc1c(-c3cc4ccccc4c4ccccc34)cc(-c3cc4ccccc4c4ccccc34)cc12. The highest BCUT2D eigenvalue weighted by Gasteiger charge is 2.19. The van der Waals surface area contributed by atoms with E-state index in [0.29, 0.717) is 0 Å². The molecule has 0 aliphatic carbocycles. The van der Waals surface area contributed by atoms with Crippen molar-refractivity contribution < 1.29 is 4.42 Å². The first kappa shape index (κ1) is 24.9. The van der Waals surface area contributed by atoms with Crippen molar-refractivity contribution in [2.75, 3.05) is 0 Å². The van der Waals surface area contributed by atoms with Gasteiger partial charge in [-0.1, -0.05) is 115 Å². The molecule has 0 atom stereocenters. The Morgan fingerprint density at radius 1 is 0.455 bits per heavy atom. The van der Waals surface area contributed by atoms with Crippen LogP contribution in [0.5, 0.6) is 0 Å². The van der Waals surface area contributed by atoms with Crippen LogP contribution < -0.4 is 0 Å². The van der Waals surface area contributed by atoms with E-state index in [1.165, 1.54) is 59.8 Å². The van der Waals surface area contributed by atoms with Gasteiger partial charge in [0.25, 0.3) is 0 Å². The molecule has 0 saturated carbocycles. The van der Waals surface area contributed by atoms with Crippen LogP contribution in [0.2, 0.25) is 0 Å². The van der Waals surface area contributed by atoms with Gasteiger partial charge in [0, 0.05) is 16.3 Å². The summed E-state index contributed by atoms with van der Waals surface area (Å²) in [5.74, 6) is 0. The van der Waals surface area contributed by atoms with Gasteiger partial charge in [0.2, 0.25) is 0 Å². The average Bonchev–Trinajstić information content (AvgIpc) is 3.45. The van der Waals surface area contributed by atoms with Gasteiger partial charge in [-0.2, -0.15) is 0 Å². The lowest BCUT2D eigenvalue weighted by Gasteiger charge is -2.15. The summed E-state index contributed by atoms with van der Waals surface area (Å²) in [4.78, 5) is 0. The van der Waals surface area contributed by atoms with Crippen molar-refractivity contribution in [1.82, 2.24) is 0 Å². The van der Waals surface area contributed by atoms with Crippen molar-refractivity contribution in [1.29, 1.82) is 0 Å². The van der Waals surface area contributed by atoms with E-state index in [2.05, 4.69) is 146 Å². The lowest BCUT2D eigenvalue weighted by molar-refractivity contribution is 0.670. The zero-order valence-electron chi connectivity index (χ0n) is 24.4. The van der Waals surface area contributed by atoms with Gasteiger partial charge in [-0.15, -0.1) is 0 Å². The molecule has 0 spiro atoms. The lowest BCUT2D eigenvalue weighted by atomic mass is 9.88. The van der Waals surface area contributed by atoms with Crippen LogP contribution in [0.4, 0.5) is 0 Å². The van der Waals surface area contributed by atoms with E-state index < -0.39 is 0 Å². The van der Waals surface area contributed by atoms with Crippen LogP contribution in [0, 0.1) is 0 Å². The molecule has 8 aromatic carbocycles. The van der Waals surface area contributed by atoms with Crippen LogP contribution in [0.15, 0.2) is 151 Å². The maximum absolute atomic E-state index is 6.80. The molecule has 0 saturated heterocycles. The summed E-state index contributed by atoms with van der Waals surface area (Å²) in [6.45, 7) is 6.22. The molecule has 0 amide bonds. The van der Waals surface area contributed by atoms with Crippen molar-refractivity contribution in [3.63, 3.8) is 0 Å². The van der Waals surface area contributed by atoms with Gasteiger partial charge in [-0.3, -0.25) is 0 Å². The highest BCUT2D eigenvalue weighted by atomic mass is 16.3. The molecule has 206 valence electrons. The standard InChI is InChI=1S/C43H28O/c1-26(2)27-19-20-37-40-23-30(38-21-28-11-3-5-13-31(28)33-15-7-9-17-35(33)38)24-41(43(40)44-42(37)25-27)39-22-29-12-4-6-14-32(29)34-16-8-10-18-36(34)39/h3-25H,1H2,2H3. The number of benzene rings is 8. The van der Waals surface area contributed by atoms with Gasteiger partial charge in [0.05, 0.1) is 0 Å². The second kappa shape index (κ2) is 9.42. The second-order valence-corrected chi connectivity index (χ2v) is 11.9. The largest absolute Gasteiger partial charge is 0.455 e. The van der Waals surface area contributed by atoms with Crippen LogP contribution in [-0.2, 0) is 0 Å². The molecule has 0 radical (unpaired) electrons. The normalized spacial score (nSPS) is 11.8. The molecular weight excluding hydrogens is 532 g/mol. The zero-order valence-corrected chi connectivity index (χ0v) is 24.4. The predicted octanol–water partition coefficient (Wildman–Crippen LogP) is 12.6. The monoisotopic (exact) mass is 560 g/mol. The fraction of sp³-hybridized carbons (Fsp3) is 0.0233. The first-order valence-corrected chi connectivity index (χ1v) is 15.1. The molecule has 0 aliphatic heterocycles. The van der Waals surface area contributed by atoms with Gasteiger partial charge >= 0.3 is 0 Å². The summed E-state index contributed by atoms with van der Waals surface area (Å²) in [6.07, 6.45) is 0. The van der Waals surface area contributed by atoms with Crippen molar-refractivity contribution >= 4 is 70.6 Å². The summed E-state index contributed by atoms with van der Waals surface area (Å²) in [7, 11) is 0. The molecule has 1 heterocycles. The van der Waals surface area contributed by atoms with E-state index in [9.17, 15) is 0 Å². The van der Waals surface area contributed by atoms with E-state index in [0.717, 1.165) is 38.6 Å². The molecule has 1 aromatic heterocycles. The van der Waals surface area contributed by atoms with Crippen LogP contribution >= 0.6 is 0 Å². The molecule has 0 aliphatic rings. The number of hydrogen-bond donors (Lipinski definition) is 0. The number of hydrogen-bond acceptors (Lipinski definition) is 1. The van der Waals surface area contributed by atoms with Gasteiger partial charge in [-0.25, -0.2) is 0 Å². The number of fused-ring (bicyclic) bond motifs is 9. The van der Waals surface area contributed by atoms with Crippen LogP contribution in [0.1, 0.15) is 12.5 Å². The average molecular weight is 561 g/mol. The third-order valence-corrected chi connectivity index (χ3v) is 9.20. The smallest absolute Gasteiger partial charge is 0.143 e. The molecular formula is C43H28O. The number of furan rings is 1. The first-order chi connectivity index (χ1) is 21.6. The molecule has 1 nitrogen and oxygen atoms in total. The Kier molecular flexibility index (Phi) is 5.33. The maximum Gasteiger partial charge on any atom is 0.143 e. The van der Waals surface area contributed by atoms with E-state index in [1.807, 2.05) is 6.92 Å². The molecule has 44 heavy (non-hydrogen) atoms. The molecule has 0 N–H and O–H groups in total. The molecule has 9 rings (SSSR count). The fourth-order valence-corrected chi connectivity index (χ4v) is 7.07. The summed E-state index contributed by atoms with van der Waals surface area (Å²) < 4.78 is 6.80. The quantitative estimate of drug-likeness (QED) is 0.196. The highest BCUT2D eigenvalue weighted by Crippen LogP contribution is 2.45. The van der Waals surface area contributed by atoms with Crippen LogP contribution in [0.3, 0.4) is 0 Å². The predicted molar refractivity (Wildman–Crippen MR) is 189 cm³/mol. The molecule has 0 unspecified atom stereocenters. The lowest BCUT2D eigenvalue weighted by Crippen LogP contribution is -1.89. The Labute approximate surface area is 255 Å². The topological polar surface area (TPSA) is 13.1 Å². The van der Waals surface area contributed by atoms with Crippen LogP contribution in [-0.4, -0.2) is 0 Å². The van der Waals surface area contributed by atoms with Gasteiger partial charge in [-0.05, 0) is 109 Å². The second-order valence-electron chi connectivity index (χ2n) is 11.9. The van der Waals surface area contributed by atoms with Crippen molar-refractivity contribution in [2.45, 2.75) is 6.92 Å². The van der Waals surface area contributed by atoms with Gasteiger partial charge in [0.1, 0.15) is 11.2 Å². The van der Waals surface area contributed by atoms with E-state index in [-0.39, 0.29) is 0 Å². The Hall–Kier alpha value is -5.66. The molecule has 0 bridgehead atoms. The number of allylic oxidation sites excluding steroid dienone is 1. The van der Waals surface area contributed by atoms with Gasteiger partial charge in [0.15, 0.2) is 0 Å². The van der Waals surface area contributed by atoms with E-state index in [4.69, 9.17) is 4.42 Å². The maximum atomic E-state index is 6.80. The Bertz CT molecular complexity index is 2630. The highest BCUT2D eigenvalue weighted by molar-refractivity contribution is 6.20. The summed E-state index contributed by atoms with van der Waals surface area (Å²) >= 11 is 0. The third kappa shape index (κ3) is 3.66. The Morgan fingerprint density at radius 3 is 1.64 bits per heavy atom. The summed E-state index contributed by atoms with van der Waals surface area (Å²) in [6, 6.07) is 50.7. The minimum Gasteiger partial charge on any atom is -0.455 e. The number of rotatable bonds is 3. The summed E-state index contributed by atoms with van der Waals surface area (Å²) in [5.41, 5.74) is 8.59. The van der Waals surface area contributed by atoms with E-state index in [1.54, 1.807) is 0 Å². The minimum atomic E-state index is 0.882.